The van der Waals surface area contributed by atoms with Crippen molar-refractivity contribution in [1.29, 1.82) is 0 Å². The number of carbonyl (C=O) groups excluding carboxylic acids is 1. The minimum atomic E-state index is -4.39. The predicted molar refractivity (Wildman–Crippen MR) is 71.2 cm³/mol. The van der Waals surface area contributed by atoms with Gasteiger partial charge >= 0.3 is 6.18 Å². The van der Waals surface area contributed by atoms with Gasteiger partial charge in [0.2, 0.25) is 0 Å². The summed E-state index contributed by atoms with van der Waals surface area (Å²) < 4.78 is 43.1. The molecule has 2 aromatic carbocycles. The summed E-state index contributed by atoms with van der Waals surface area (Å²) >= 11 is 0. The lowest BCUT2D eigenvalue weighted by atomic mass is 10.1. The molecule has 0 atom stereocenters. The van der Waals surface area contributed by atoms with Crippen molar-refractivity contribution >= 4 is 6.29 Å². The van der Waals surface area contributed by atoms with Crippen LogP contribution in [-0.4, -0.2) is 12.5 Å². The Hall–Kier alpha value is -2.30. The second-order valence-corrected chi connectivity index (χ2v) is 4.44. The second kappa shape index (κ2) is 6.43. The lowest BCUT2D eigenvalue weighted by Crippen LogP contribution is -2.13. The maximum Gasteiger partial charge on any atom is 0.393 e. The van der Waals surface area contributed by atoms with Crippen molar-refractivity contribution in [3.63, 3.8) is 0 Å². The predicted octanol–water partition coefficient (Wildman–Crippen LogP) is 3.98. The molecular formula is C16H12F3O2. The van der Waals surface area contributed by atoms with E-state index in [0.29, 0.717) is 6.29 Å². The van der Waals surface area contributed by atoms with Crippen LogP contribution in [0.25, 0.3) is 0 Å². The summed E-state index contributed by atoms with van der Waals surface area (Å²) in [5.41, 5.74) is 0.749. The summed E-state index contributed by atoms with van der Waals surface area (Å²) in [7, 11) is 0. The number of carbonyl (C=O) groups is 1. The molecule has 0 aliphatic carbocycles. The van der Waals surface area contributed by atoms with Gasteiger partial charge in [0.1, 0.15) is 12.4 Å². The van der Waals surface area contributed by atoms with Gasteiger partial charge in [0.25, 0.3) is 0 Å². The number of aldehydes is 1. The van der Waals surface area contributed by atoms with Crippen LogP contribution in [0.4, 0.5) is 13.2 Å². The molecule has 2 aromatic rings. The van der Waals surface area contributed by atoms with E-state index in [1.165, 1.54) is 12.1 Å². The van der Waals surface area contributed by atoms with Gasteiger partial charge in [-0.1, -0.05) is 30.3 Å². The van der Waals surface area contributed by atoms with Crippen molar-refractivity contribution in [1.82, 2.24) is 0 Å². The molecule has 21 heavy (non-hydrogen) atoms. The van der Waals surface area contributed by atoms with Gasteiger partial charge in [-0.2, -0.15) is 13.2 Å². The van der Waals surface area contributed by atoms with E-state index in [1.807, 2.05) is 30.3 Å². The molecule has 2 nitrogen and oxygen atoms in total. The van der Waals surface area contributed by atoms with Crippen molar-refractivity contribution in [2.45, 2.75) is 19.2 Å². The zero-order chi connectivity index (χ0) is 15.3. The Kier molecular flexibility index (Phi) is 4.62. The van der Waals surface area contributed by atoms with Gasteiger partial charge in [0.15, 0.2) is 6.29 Å². The Morgan fingerprint density at radius 1 is 1.10 bits per heavy atom. The third kappa shape index (κ3) is 4.63. The van der Waals surface area contributed by atoms with Gasteiger partial charge in [-0.15, -0.1) is 0 Å². The molecule has 0 fully saturated rings. The lowest BCUT2D eigenvalue weighted by Gasteiger charge is -2.13. The molecule has 2 rings (SSSR count). The van der Waals surface area contributed by atoms with Gasteiger partial charge in [-0.3, -0.25) is 4.79 Å². The van der Waals surface area contributed by atoms with E-state index in [2.05, 4.69) is 6.07 Å². The largest absolute Gasteiger partial charge is 0.489 e. The maximum absolute atomic E-state index is 12.6. The Bertz CT molecular complexity index is 607. The van der Waals surface area contributed by atoms with E-state index in [1.54, 1.807) is 0 Å². The van der Waals surface area contributed by atoms with Crippen molar-refractivity contribution in [3.05, 3.63) is 65.2 Å². The van der Waals surface area contributed by atoms with E-state index in [-0.39, 0.29) is 23.5 Å². The first-order chi connectivity index (χ1) is 9.98. The topological polar surface area (TPSA) is 26.3 Å². The average molecular weight is 293 g/mol. The zero-order valence-electron chi connectivity index (χ0n) is 11.0. The van der Waals surface area contributed by atoms with E-state index in [9.17, 15) is 18.0 Å². The second-order valence-electron chi connectivity index (χ2n) is 4.44. The summed E-state index contributed by atoms with van der Waals surface area (Å²) in [6.07, 6.45) is -5.11. The summed E-state index contributed by atoms with van der Waals surface area (Å²) in [6, 6.07) is 14.3. The molecule has 0 bridgehead atoms. The van der Waals surface area contributed by atoms with Crippen molar-refractivity contribution < 1.29 is 22.7 Å². The van der Waals surface area contributed by atoms with Crippen LogP contribution < -0.4 is 4.74 Å². The molecule has 0 spiro atoms. The molecule has 5 heteroatoms. The van der Waals surface area contributed by atoms with Crippen LogP contribution in [0, 0.1) is 6.07 Å². The highest BCUT2D eigenvalue weighted by molar-refractivity contribution is 5.75. The lowest BCUT2D eigenvalue weighted by molar-refractivity contribution is -0.127. The number of hydrogen-bond donors (Lipinski definition) is 0. The van der Waals surface area contributed by atoms with Gasteiger partial charge in [-0.25, -0.2) is 0 Å². The number of benzene rings is 2. The van der Waals surface area contributed by atoms with Crippen LogP contribution >= 0.6 is 0 Å². The molecule has 0 aromatic heterocycles. The molecule has 0 saturated heterocycles. The maximum atomic E-state index is 12.6. The van der Waals surface area contributed by atoms with Crippen LogP contribution in [0.5, 0.6) is 5.75 Å². The Labute approximate surface area is 120 Å². The monoisotopic (exact) mass is 293 g/mol. The third-order valence-electron chi connectivity index (χ3n) is 2.75. The van der Waals surface area contributed by atoms with Gasteiger partial charge in [-0.05, 0) is 17.7 Å². The Morgan fingerprint density at radius 2 is 1.81 bits per heavy atom. The molecule has 0 saturated carbocycles. The zero-order valence-corrected chi connectivity index (χ0v) is 11.0. The van der Waals surface area contributed by atoms with Crippen LogP contribution in [0.3, 0.4) is 0 Å². The first-order valence-electron chi connectivity index (χ1n) is 6.22. The normalized spacial score (nSPS) is 11.2. The summed E-state index contributed by atoms with van der Waals surface area (Å²) in [5, 5.41) is 0. The summed E-state index contributed by atoms with van der Waals surface area (Å²) in [6.45, 7) is 0.153. The summed E-state index contributed by atoms with van der Waals surface area (Å²) in [4.78, 5) is 10.7. The number of ether oxygens (including phenoxy) is 1. The number of rotatable bonds is 5. The highest BCUT2D eigenvalue weighted by atomic mass is 19.4. The molecular weight excluding hydrogens is 281 g/mol. The van der Waals surface area contributed by atoms with Crippen molar-refractivity contribution in [2.24, 2.45) is 0 Å². The minimum Gasteiger partial charge on any atom is -0.489 e. The molecule has 109 valence electrons. The standard InChI is InChI=1S/C16H12F3O2/c17-16(18,19)9-14-8-13(10-20)6-7-15(14)21-11-12-4-2-1-3-5-12/h1-7,10H,9,11H2. The molecule has 1 radical (unpaired) electrons. The quantitative estimate of drug-likeness (QED) is 0.779. The smallest absolute Gasteiger partial charge is 0.393 e. The number of hydrogen-bond acceptors (Lipinski definition) is 2. The van der Waals surface area contributed by atoms with Gasteiger partial charge in [0.05, 0.1) is 6.42 Å². The van der Waals surface area contributed by atoms with E-state index in [0.717, 1.165) is 5.56 Å². The van der Waals surface area contributed by atoms with Crippen molar-refractivity contribution in [3.8, 4) is 5.75 Å². The van der Waals surface area contributed by atoms with Crippen LogP contribution in [0.2, 0.25) is 0 Å². The Morgan fingerprint density at radius 3 is 2.43 bits per heavy atom. The first-order valence-corrected chi connectivity index (χ1v) is 6.22. The fourth-order valence-electron chi connectivity index (χ4n) is 1.81. The molecule has 0 amide bonds. The van der Waals surface area contributed by atoms with Crippen LogP contribution in [0.15, 0.2) is 42.5 Å². The third-order valence-corrected chi connectivity index (χ3v) is 2.75. The number of alkyl halides is 3. The summed E-state index contributed by atoms with van der Waals surface area (Å²) in [5.74, 6) is 0.0850. The van der Waals surface area contributed by atoms with E-state index >= 15 is 0 Å². The average Bonchev–Trinajstić information content (AvgIpc) is 2.45. The van der Waals surface area contributed by atoms with Crippen LogP contribution in [0.1, 0.15) is 21.5 Å². The number of halogens is 3. The molecule has 0 N–H and O–H groups in total. The molecule has 0 unspecified atom stereocenters. The van der Waals surface area contributed by atoms with Crippen molar-refractivity contribution in [2.75, 3.05) is 0 Å². The Balaban J connectivity index is 2.19. The first kappa shape index (κ1) is 15.1. The van der Waals surface area contributed by atoms with Gasteiger partial charge in [0, 0.05) is 17.2 Å². The van der Waals surface area contributed by atoms with E-state index in [4.69, 9.17) is 4.74 Å². The highest BCUT2D eigenvalue weighted by Crippen LogP contribution is 2.28. The molecule has 0 aliphatic rings. The highest BCUT2D eigenvalue weighted by Gasteiger charge is 2.29. The van der Waals surface area contributed by atoms with Crippen LogP contribution in [-0.2, 0) is 13.0 Å². The SMILES string of the molecule is O=Cc1[c]c(CC(F)(F)F)c(OCc2ccccc2)cc1. The van der Waals surface area contributed by atoms with Gasteiger partial charge < -0.3 is 4.74 Å². The fourth-order valence-corrected chi connectivity index (χ4v) is 1.81. The fraction of sp³-hybridized carbons (Fsp3) is 0.188. The van der Waals surface area contributed by atoms with E-state index < -0.39 is 12.6 Å². The molecule has 0 heterocycles. The minimum absolute atomic E-state index is 0.0707. The molecule has 0 aliphatic heterocycles.